The molecule has 30 heavy (non-hydrogen) atoms. The first-order chi connectivity index (χ1) is 14.7. The number of nitrogens with zero attached hydrogens (tertiary/aromatic N) is 2. The van der Waals surface area contributed by atoms with Crippen LogP contribution in [0.1, 0.15) is 66.4 Å². The molecule has 3 nitrogen and oxygen atoms in total. The largest absolute Gasteiger partial charge is 0.374 e. The van der Waals surface area contributed by atoms with Crippen molar-refractivity contribution in [3.05, 3.63) is 65.2 Å². The van der Waals surface area contributed by atoms with Crippen molar-refractivity contribution in [2.24, 2.45) is 5.92 Å². The van der Waals surface area contributed by atoms with Gasteiger partial charge in [-0.3, -0.25) is 9.69 Å². The van der Waals surface area contributed by atoms with Crippen molar-refractivity contribution < 1.29 is 4.79 Å². The third-order valence-electron chi connectivity index (χ3n) is 6.99. The van der Waals surface area contributed by atoms with E-state index in [1.165, 1.54) is 48.9 Å². The van der Waals surface area contributed by atoms with Gasteiger partial charge in [0.15, 0.2) is 5.78 Å². The number of aryl methyl sites for hydroxylation is 1. The summed E-state index contributed by atoms with van der Waals surface area (Å²) in [6.45, 7) is 4.44. The first kappa shape index (κ1) is 21.1. The van der Waals surface area contributed by atoms with Crippen molar-refractivity contribution in [1.29, 1.82) is 0 Å². The van der Waals surface area contributed by atoms with Crippen LogP contribution in [0.25, 0.3) is 0 Å². The lowest BCUT2D eigenvalue weighted by atomic mass is 9.89. The summed E-state index contributed by atoms with van der Waals surface area (Å²) in [5.41, 5.74) is 4.98. The van der Waals surface area contributed by atoms with E-state index in [4.69, 9.17) is 0 Å². The second-order valence-corrected chi connectivity index (χ2v) is 9.24. The van der Waals surface area contributed by atoms with Crippen LogP contribution in [0, 0.1) is 5.92 Å². The summed E-state index contributed by atoms with van der Waals surface area (Å²) < 4.78 is 0. The maximum absolute atomic E-state index is 12.9. The van der Waals surface area contributed by atoms with Gasteiger partial charge in [0.05, 0.1) is 0 Å². The van der Waals surface area contributed by atoms with Crippen LogP contribution in [0.4, 0.5) is 5.69 Å². The predicted molar refractivity (Wildman–Crippen MR) is 125 cm³/mol. The van der Waals surface area contributed by atoms with Gasteiger partial charge in [-0.1, -0.05) is 48.9 Å². The second-order valence-electron chi connectivity index (χ2n) is 9.24. The lowest BCUT2D eigenvalue weighted by molar-refractivity contribution is 0.0961. The van der Waals surface area contributed by atoms with Crippen molar-refractivity contribution in [2.75, 3.05) is 31.6 Å². The fraction of sp³-hybridized carbons (Fsp3) is 0.519. The molecule has 0 bridgehead atoms. The SMILES string of the molecule is CN1CCCCCc2ccc(C(=O)CCC3CCN(Cc4ccccc4)CC3)cc21. The zero-order valence-electron chi connectivity index (χ0n) is 18.5. The Morgan fingerprint density at radius 1 is 0.967 bits per heavy atom. The third-order valence-corrected chi connectivity index (χ3v) is 6.99. The topological polar surface area (TPSA) is 23.6 Å². The number of hydrogen-bond acceptors (Lipinski definition) is 3. The Labute approximate surface area is 182 Å². The number of hydrogen-bond donors (Lipinski definition) is 0. The van der Waals surface area contributed by atoms with Gasteiger partial charge in [0, 0.05) is 37.8 Å². The van der Waals surface area contributed by atoms with Gasteiger partial charge in [-0.15, -0.1) is 0 Å². The lowest BCUT2D eigenvalue weighted by Gasteiger charge is -2.32. The van der Waals surface area contributed by atoms with Gasteiger partial charge in [-0.05, 0) is 74.7 Å². The van der Waals surface area contributed by atoms with Crippen LogP contribution < -0.4 is 4.90 Å². The van der Waals surface area contributed by atoms with Crippen LogP contribution in [0.5, 0.6) is 0 Å². The minimum Gasteiger partial charge on any atom is -0.374 e. The molecule has 1 fully saturated rings. The first-order valence-corrected chi connectivity index (χ1v) is 11.8. The van der Waals surface area contributed by atoms with Crippen molar-refractivity contribution in [1.82, 2.24) is 4.90 Å². The van der Waals surface area contributed by atoms with Gasteiger partial charge < -0.3 is 4.90 Å². The molecular weight excluding hydrogens is 368 g/mol. The maximum Gasteiger partial charge on any atom is 0.162 e. The average Bonchev–Trinajstić information content (AvgIpc) is 2.77. The molecule has 0 N–H and O–H groups in total. The number of likely N-dealkylation sites (tertiary alicyclic amines) is 1. The molecule has 0 saturated carbocycles. The minimum absolute atomic E-state index is 0.319. The summed E-state index contributed by atoms with van der Waals surface area (Å²) in [6, 6.07) is 17.2. The van der Waals surface area contributed by atoms with Gasteiger partial charge >= 0.3 is 0 Å². The molecular formula is C27H36N2O. The van der Waals surface area contributed by atoms with Gasteiger partial charge in [-0.25, -0.2) is 0 Å². The van der Waals surface area contributed by atoms with Crippen LogP contribution in [0.15, 0.2) is 48.5 Å². The number of carbonyl (C=O) groups is 1. The Morgan fingerprint density at radius 2 is 1.77 bits per heavy atom. The van der Waals surface area contributed by atoms with Crippen LogP contribution in [0.2, 0.25) is 0 Å². The van der Waals surface area contributed by atoms with E-state index in [2.05, 4.69) is 65.4 Å². The van der Waals surface area contributed by atoms with Crippen molar-refractivity contribution in [2.45, 2.75) is 57.9 Å². The highest BCUT2D eigenvalue weighted by Crippen LogP contribution is 2.28. The molecule has 0 radical (unpaired) electrons. The van der Waals surface area contributed by atoms with Crippen molar-refractivity contribution >= 4 is 11.5 Å². The summed E-state index contributed by atoms with van der Waals surface area (Å²) in [5, 5.41) is 0. The smallest absolute Gasteiger partial charge is 0.162 e. The molecule has 0 aliphatic carbocycles. The quantitative estimate of drug-likeness (QED) is 0.575. The number of piperidine rings is 1. The number of carbonyl (C=O) groups excluding carboxylic acids is 1. The zero-order valence-corrected chi connectivity index (χ0v) is 18.5. The van der Waals surface area contributed by atoms with E-state index < -0.39 is 0 Å². The first-order valence-electron chi connectivity index (χ1n) is 11.8. The van der Waals surface area contributed by atoms with E-state index in [9.17, 15) is 4.79 Å². The number of Topliss-reactive ketones (excluding diaryl/α,β-unsaturated/α-hetero) is 1. The fourth-order valence-corrected chi connectivity index (χ4v) is 5.02. The van der Waals surface area contributed by atoms with Gasteiger partial charge in [-0.2, -0.15) is 0 Å². The molecule has 160 valence electrons. The fourth-order valence-electron chi connectivity index (χ4n) is 5.02. The number of ketones is 1. The summed E-state index contributed by atoms with van der Waals surface area (Å²) in [7, 11) is 2.17. The second kappa shape index (κ2) is 10.3. The summed E-state index contributed by atoms with van der Waals surface area (Å²) >= 11 is 0. The Bertz CT molecular complexity index is 824. The predicted octanol–water partition coefficient (Wildman–Crippen LogP) is 5.72. The van der Waals surface area contributed by atoms with E-state index in [0.29, 0.717) is 18.1 Å². The van der Waals surface area contributed by atoms with Gasteiger partial charge in [0.25, 0.3) is 0 Å². The molecule has 2 aliphatic heterocycles. The summed E-state index contributed by atoms with van der Waals surface area (Å²) in [4.78, 5) is 17.8. The van der Waals surface area contributed by atoms with Crippen LogP contribution >= 0.6 is 0 Å². The highest BCUT2D eigenvalue weighted by atomic mass is 16.1. The number of anilines is 1. The lowest BCUT2D eigenvalue weighted by Crippen LogP contribution is -2.33. The molecule has 0 amide bonds. The maximum atomic E-state index is 12.9. The van der Waals surface area contributed by atoms with E-state index in [1.807, 2.05) is 0 Å². The minimum atomic E-state index is 0.319. The average molecular weight is 405 g/mol. The van der Waals surface area contributed by atoms with Crippen molar-refractivity contribution in [3.8, 4) is 0 Å². The van der Waals surface area contributed by atoms with Crippen LogP contribution in [0.3, 0.4) is 0 Å². The zero-order chi connectivity index (χ0) is 20.8. The monoisotopic (exact) mass is 404 g/mol. The standard InChI is InChI=1S/C27H36N2O/c1-28-17-7-3-6-10-24-12-13-25(20-26(24)28)27(30)14-11-22-15-18-29(19-16-22)21-23-8-4-2-5-9-23/h2,4-5,8-9,12-13,20,22H,3,6-7,10-11,14-19,21H2,1H3. The number of fused-ring (bicyclic) bond motifs is 1. The molecule has 2 aromatic carbocycles. The van der Waals surface area contributed by atoms with Gasteiger partial charge in [0.1, 0.15) is 0 Å². The molecule has 2 aliphatic rings. The van der Waals surface area contributed by atoms with E-state index in [1.54, 1.807) is 0 Å². The number of rotatable bonds is 6. The summed E-state index contributed by atoms with van der Waals surface area (Å²) in [6.07, 6.45) is 9.09. The highest BCUT2D eigenvalue weighted by Gasteiger charge is 2.21. The molecule has 0 aromatic heterocycles. The molecule has 4 rings (SSSR count). The third kappa shape index (κ3) is 5.51. The Balaban J connectivity index is 1.27. The molecule has 2 heterocycles. The van der Waals surface area contributed by atoms with E-state index >= 15 is 0 Å². The molecule has 3 heteroatoms. The Kier molecular flexibility index (Phi) is 7.22. The van der Waals surface area contributed by atoms with Crippen LogP contribution in [-0.4, -0.2) is 37.4 Å². The van der Waals surface area contributed by atoms with E-state index in [-0.39, 0.29) is 0 Å². The number of benzene rings is 2. The molecule has 0 unspecified atom stereocenters. The Morgan fingerprint density at radius 3 is 2.57 bits per heavy atom. The summed E-state index contributed by atoms with van der Waals surface area (Å²) in [5.74, 6) is 1.01. The molecule has 0 atom stereocenters. The normalized spacial score (nSPS) is 18.5. The highest BCUT2D eigenvalue weighted by molar-refractivity contribution is 5.97. The van der Waals surface area contributed by atoms with Crippen molar-refractivity contribution in [3.63, 3.8) is 0 Å². The molecule has 1 saturated heterocycles. The molecule has 2 aromatic rings. The van der Waals surface area contributed by atoms with Crippen LogP contribution in [-0.2, 0) is 13.0 Å². The van der Waals surface area contributed by atoms with Gasteiger partial charge in [0.2, 0.25) is 0 Å². The molecule has 0 spiro atoms. The Hall–Kier alpha value is -2.13. The van der Waals surface area contributed by atoms with E-state index in [0.717, 1.165) is 44.6 Å².